The van der Waals surface area contributed by atoms with Crippen LogP contribution in [0.2, 0.25) is 5.02 Å². The number of carbonyl (C=O) groups is 1. The highest BCUT2D eigenvalue weighted by atomic mass is 35.5. The first-order chi connectivity index (χ1) is 12.3. The molecule has 1 amide bonds. The van der Waals surface area contributed by atoms with Gasteiger partial charge in [-0.1, -0.05) is 11.6 Å². The minimum absolute atomic E-state index is 0.0996. The Balaban J connectivity index is 1.83. The van der Waals surface area contributed by atoms with Crippen LogP contribution in [0.25, 0.3) is 0 Å². The predicted octanol–water partition coefficient (Wildman–Crippen LogP) is 1.79. The van der Waals surface area contributed by atoms with Crippen LogP contribution in [0.4, 0.5) is 5.69 Å². The smallest absolute Gasteiger partial charge is 0.257 e. The fraction of sp³-hybridized carbons (Fsp3) is 0.250. The molecule has 0 aromatic heterocycles. The van der Waals surface area contributed by atoms with Crippen LogP contribution < -0.4 is 14.8 Å². The van der Waals surface area contributed by atoms with Crippen molar-refractivity contribution in [2.45, 2.75) is 0 Å². The quantitative estimate of drug-likeness (QED) is 0.831. The highest BCUT2D eigenvalue weighted by Crippen LogP contribution is 2.36. The molecule has 0 spiro atoms. The monoisotopic (exact) mass is 397 g/mol. The molecule has 26 heavy (non-hydrogen) atoms. The van der Waals surface area contributed by atoms with Crippen LogP contribution in [0.3, 0.4) is 0 Å². The van der Waals surface area contributed by atoms with E-state index in [0.717, 1.165) is 0 Å². The lowest BCUT2D eigenvalue weighted by Gasteiger charge is -2.27. The van der Waals surface area contributed by atoms with E-state index in [0.29, 0.717) is 27.8 Å². The average molecular weight is 398 g/mol. The van der Waals surface area contributed by atoms with E-state index in [4.69, 9.17) is 21.1 Å². The normalized spacial score (nSPS) is 17.7. The van der Waals surface area contributed by atoms with Crippen molar-refractivity contribution >= 4 is 39.1 Å². The third-order valence-electron chi connectivity index (χ3n) is 3.81. The van der Waals surface area contributed by atoms with Crippen LogP contribution in [0.15, 0.2) is 40.5 Å². The van der Waals surface area contributed by atoms with Gasteiger partial charge < -0.3 is 19.7 Å². The highest BCUT2D eigenvalue weighted by Gasteiger charge is 2.25. The number of methoxy groups -OCH3 is 2. The molecule has 0 atom stereocenters. The predicted molar refractivity (Wildman–Crippen MR) is 98.3 cm³/mol. The number of rotatable bonds is 4. The van der Waals surface area contributed by atoms with Gasteiger partial charge in [0.2, 0.25) is 0 Å². The van der Waals surface area contributed by atoms with Gasteiger partial charge in [-0.3, -0.25) is 4.79 Å². The number of hydrogen-bond donors (Lipinski definition) is 1. The number of fused-ring (bicyclic) bond motifs is 1. The summed E-state index contributed by atoms with van der Waals surface area (Å²) in [5.41, 5.74) is 0.732. The molecule has 2 aliphatic heterocycles. The van der Waals surface area contributed by atoms with E-state index in [1.807, 2.05) is 0 Å². The molecule has 0 saturated heterocycles. The van der Waals surface area contributed by atoms with Crippen LogP contribution >= 0.6 is 11.6 Å². The summed E-state index contributed by atoms with van der Waals surface area (Å²) >= 11 is 6.10. The van der Waals surface area contributed by atoms with Gasteiger partial charge in [-0.2, -0.15) is 0 Å². The van der Waals surface area contributed by atoms with Crippen LogP contribution in [0, 0.1) is 0 Å². The number of anilines is 1. The third-order valence-corrected chi connectivity index (χ3v) is 5.27. The van der Waals surface area contributed by atoms with E-state index < -0.39 is 15.9 Å². The Morgan fingerprint density at radius 3 is 2.65 bits per heavy atom. The van der Waals surface area contributed by atoms with E-state index in [-0.39, 0.29) is 18.1 Å². The second-order valence-corrected chi connectivity index (χ2v) is 7.65. The number of ether oxygens (including phenoxy) is 2. The molecule has 0 aliphatic carbocycles. The summed E-state index contributed by atoms with van der Waals surface area (Å²) in [6.45, 7) is 0.236. The fourth-order valence-corrected chi connectivity index (χ4v) is 3.70. The maximum Gasteiger partial charge on any atom is 0.257 e. The van der Waals surface area contributed by atoms with E-state index in [9.17, 15) is 13.2 Å². The number of sulfonamides is 1. The van der Waals surface area contributed by atoms with Crippen LogP contribution in [0.1, 0.15) is 0 Å². The Morgan fingerprint density at radius 2 is 1.96 bits per heavy atom. The van der Waals surface area contributed by atoms with E-state index in [1.165, 1.54) is 32.4 Å². The van der Waals surface area contributed by atoms with E-state index in [1.54, 1.807) is 17.2 Å². The van der Waals surface area contributed by atoms with Gasteiger partial charge in [0.25, 0.3) is 15.9 Å². The van der Waals surface area contributed by atoms with Crippen molar-refractivity contribution in [3.8, 4) is 11.5 Å². The molecule has 1 aromatic rings. The van der Waals surface area contributed by atoms with Crippen molar-refractivity contribution in [2.24, 2.45) is 4.40 Å². The van der Waals surface area contributed by atoms with Gasteiger partial charge in [-0.25, -0.2) is 8.42 Å². The van der Waals surface area contributed by atoms with Gasteiger partial charge in [-0.05, 0) is 18.2 Å². The number of halogens is 1. The van der Waals surface area contributed by atoms with Crippen LogP contribution in [0.5, 0.6) is 11.5 Å². The maximum atomic E-state index is 12.6. The van der Waals surface area contributed by atoms with E-state index in [2.05, 4.69) is 9.71 Å². The molecule has 8 nitrogen and oxygen atoms in total. The van der Waals surface area contributed by atoms with Crippen molar-refractivity contribution in [1.82, 2.24) is 4.90 Å². The molecule has 0 bridgehead atoms. The molecule has 2 aliphatic rings. The Morgan fingerprint density at radius 1 is 1.23 bits per heavy atom. The van der Waals surface area contributed by atoms with Crippen molar-refractivity contribution in [1.29, 1.82) is 0 Å². The summed E-state index contributed by atoms with van der Waals surface area (Å²) in [6, 6.07) is 3.11. The number of benzene rings is 1. The lowest BCUT2D eigenvalue weighted by Crippen LogP contribution is -2.37. The average Bonchev–Trinajstić information content (AvgIpc) is 2.60. The molecule has 10 heteroatoms. The minimum atomic E-state index is -3.44. The van der Waals surface area contributed by atoms with Crippen molar-refractivity contribution in [2.75, 3.05) is 31.8 Å². The van der Waals surface area contributed by atoms with Crippen LogP contribution in [-0.4, -0.2) is 51.6 Å². The molecule has 0 saturated carbocycles. The first kappa shape index (κ1) is 18.3. The minimum Gasteiger partial charge on any atom is -0.495 e. The lowest BCUT2D eigenvalue weighted by atomic mass is 10.1. The second-order valence-electron chi connectivity index (χ2n) is 5.49. The van der Waals surface area contributed by atoms with Gasteiger partial charge in [0.1, 0.15) is 17.3 Å². The molecule has 0 fully saturated rings. The Labute approximate surface area is 155 Å². The third kappa shape index (κ3) is 3.68. The standard InChI is InChI=1S/C16H16ClN3O5S/c1-24-13-8-14(25-2)12(7-11(13)17)18-16(21)10-3-4-15-19-26(22,23)6-5-20(15)9-10/h3-4,7-9H,5-6H2,1-2H3,(H,18,21). The second kappa shape index (κ2) is 7.00. The molecule has 0 unspecified atom stereocenters. The Kier molecular flexibility index (Phi) is 4.92. The molecule has 0 radical (unpaired) electrons. The maximum absolute atomic E-state index is 12.6. The fourth-order valence-electron chi connectivity index (χ4n) is 2.49. The SMILES string of the molecule is COc1cc(OC)c(NC(=O)C2=CN3CCS(=O)(=O)N=C3C=C2)cc1Cl. The number of amidine groups is 1. The zero-order chi connectivity index (χ0) is 18.9. The molecule has 2 heterocycles. The summed E-state index contributed by atoms with van der Waals surface area (Å²) in [5, 5.41) is 3.05. The van der Waals surface area contributed by atoms with Crippen LogP contribution in [-0.2, 0) is 14.8 Å². The van der Waals surface area contributed by atoms with Crippen molar-refractivity contribution < 1.29 is 22.7 Å². The molecule has 138 valence electrons. The topological polar surface area (TPSA) is 97.3 Å². The first-order valence-corrected chi connectivity index (χ1v) is 9.54. The molecular formula is C16H16ClN3O5S. The Hall–Kier alpha value is -2.52. The summed E-state index contributed by atoms with van der Waals surface area (Å²) < 4.78 is 37.1. The summed E-state index contributed by atoms with van der Waals surface area (Å²) in [7, 11) is -0.490. The molecule has 1 N–H and O–H groups in total. The van der Waals surface area contributed by atoms with E-state index >= 15 is 0 Å². The summed E-state index contributed by atoms with van der Waals surface area (Å²) in [5.74, 6) is 0.614. The van der Waals surface area contributed by atoms with Gasteiger partial charge in [0.05, 0.1) is 36.3 Å². The molecular weight excluding hydrogens is 382 g/mol. The highest BCUT2D eigenvalue weighted by molar-refractivity contribution is 7.90. The first-order valence-electron chi connectivity index (χ1n) is 7.55. The van der Waals surface area contributed by atoms with Gasteiger partial charge >= 0.3 is 0 Å². The molecule has 1 aromatic carbocycles. The zero-order valence-electron chi connectivity index (χ0n) is 14.0. The number of carbonyl (C=O) groups excluding carboxylic acids is 1. The largest absolute Gasteiger partial charge is 0.495 e. The zero-order valence-corrected chi connectivity index (χ0v) is 15.6. The van der Waals surface area contributed by atoms with Gasteiger partial charge in [0, 0.05) is 18.8 Å². The molecule has 3 rings (SSSR count). The van der Waals surface area contributed by atoms with Crippen molar-refractivity contribution in [3.63, 3.8) is 0 Å². The summed E-state index contributed by atoms with van der Waals surface area (Å²) in [4.78, 5) is 14.2. The number of nitrogens with one attached hydrogen (secondary N) is 1. The lowest BCUT2D eigenvalue weighted by molar-refractivity contribution is -0.112. The van der Waals surface area contributed by atoms with Crippen molar-refractivity contribution in [3.05, 3.63) is 41.1 Å². The number of amides is 1. The van der Waals surface area contributed by atoms with Gasteiger partial charge in [0.15, 0.2) is 0 Å². The number of nitrogens with zero attached hydrogens (tertiary/aromatic N) is 2. The Bertz CT molecular complexity index is 953. The number of hydrogen-bond acceptors (Lipinski definition) is 6. The van der Waals surface area contributed by atoms with Gasteiger partial charge in [-0.15, -0.1) is 4.40 Å². The summed E-state index contributed by atoms with van der Waals surface area (Å²) in [6.07, 6.45) is 4.55.